The van der Waals surface area contributed by atoms with E-state index in [1.807, 2.05) is 0 Å². The fourth-order valence-corrected chi connectivity index (χ4v) is 1.62. The Morgan fingerprint density at radius 3 is 2.83 bits per heavy atom. The maximum absolute atomic E-state index is 12.6. The van der Waals surface area contributed by atoms with Crippen molar-refractivity contribution in [2.24, 2.45) is 5.92 Å². The van der Waals surface area contributed by atoms with Crippen LogP contribution >= 0.6 is 0 Å². The normalized spacial score (nSPS) is 25.9. The van der Waals surface area contributed by atoms with Crippen LogP contribution in [0.2, 0.25) is 0 Å². The van der Waals surface area contributed by atoms with Crippen molar-refractivity contribution in [1.29, 1.82) is 0 Å². The Bertz CT molecular complexity index is 170. The van der Waals surface area contributed by atoms with E-state index in [1.54, 1.807) is 4.90 Å². The lowest BCUT2D eigenvalue weighted by Gasteiger charge is -2.16. The van der Waals surface area contributed by atoms with Crippen LogP contribution in [-0.2, 0) is 4.79 Å². The van der Waals surface area contributed by atoms with Gasteiger partial charge in [-0.1, -0.05) is 13.3 Å². The average Bonchev–Trinajstić information content (AvgIpc) is 2.50. The molecule has 70 valence electrons. The first kappa shape index (κ1) is 9.49. The first-order chi connectivity index (χ1) is 5.65. The fourth-order valence-electron chi connectivity index (χ4n) is 1.62. The van der Waals surface area contributed by atoms with Crippen LogP contribution in [0.4, 0.5) is 4.39 Å². The first-order valence-corrected chi connectivity index (χ1v) is 4.58. The molecule has 0 spiro atoms. The summed E-state index contributed by atoms with van der Waals surface area (Å²) in [6.07, 6.45) is 0.792. The molecule has 2 unspecified atom stereocenters. The van der Waals surface area contributed by atoms with E-state index in [0.29, 0.717) is 5.92 Å². The molecule has 0 saturated carbocycles. The molecule has 1 aliphatic heterocycles. The summed E-state index contributed by atoms with van der Waals surface area (Å²) in [6.45, 7) is 4.91. The van der Waals surface area contributed by atoms with Crippen molar-refractivity contribution < 1.29 is 9.18 Å². The Morgan fingerprint density at radius 2 is 2.42 bits per heavy atom. The Kier molecular flexibility index (Phi) is 3.06. The van der Waals surface area contributed by atoms with Crippen LogP contribution in [0.15, 0.2) is 0 Å². The summed E-state index contributed by atoms with van der Waals surface area (Å²) in [5.41, 5.74) is 0. The largest absolute Gasteiger partial charge is 0.340 e. The van der Waals surface area contributed by atoms with Crippen LogP contribution in [0.3, 0.4) is 0 Å². The Morgan fingerprint density at radius 1 is 1.75 bits per heavy atom. The van der Waals surface area contributed by atoms with E-state index >= 15 is 0 Å². The van der Waals surface area contributed by atoms with Crippen molar-refractivity contribution in [2.75, 3.05) is 13.1 Å². The van der Waals surface area contributed by atoms with Gasteiger partial charge in [-0.2, -0.15) is 0 Å². The number of rotatable bonds is 2. The smallest absolute Gasteiger partial charge is 0.256 e. The van der Waals surface area contributed by atoms with Gasteiger partial charge in [0, 0.05) is 13.1 Å². The highest BCUT2D eigenvalue weighted by molar-refractivity contribution is 5.80. The van der Waals surface area contributed by atoms with Crippen LogP contribution in [-0.4, -0.2) is 30.1 Å². The molecule has 0 aliphatic carbocycles. The van der Waals surface area contributed by atoms with Gasteiger partial charge in [0.25, 0.3) is 5.91 Å². The monoisotopic (exact) mass is 173 g/mol. The number of hydrogen-bond acceptors (Lipinski definition) is 1. The molecule has 3 heteroatoms. The third-order valence-electron chi connectivity index (χ3n) is 2.52. The molecule has 2 atom stereocenters. The molecule has 0 bridgehead atoms. The molecular formula is C9H16FNO. The van der Waals surface area contributed by atoms with E-state index in [-0.39, 0.29) is 5.91 Å². The molecule has 1 fully saturated rings. The molecule has 1 rings (SSSR count). The standard InChI is InChI=1S/C9H16FNO/c1-3-8-4-5-11(6-8)9(12)7(2)10/h7-8H,3-6H2,1-2H3. The van der Waals surface area contributed by atoms with Gasteiger partial charge in [-0.05, 0) is 19.3 Å². The van der Waals surface area contributed by atoms with Crippen molar-refractivity contribution in [1.82, 2.24) is 4.90 Å². The zero-order valence-electron chi connectivity index (χ0n) is 7.72. The second kappa shape index (κ2) is 3.87. The molecule has 0 aromatic rings. The number of nitrogens with zero attached hydrogens (tertiary/aromatic N) is 1. The summed E-state index contributed by atoms with van der Waals surface area (Å²) < 4.78 is 12.6. The zero-order chi connectivity index (χ0) is 9.14. The predicted octanol–water partition coefficient (Wildman–Crippen LogP) is 1.60. The van der Waals surface area contributed by atoms with E-state index in [4.69, 9.17) is 0 Å². The molecule has 1 amide bonds. The minimum absolute atomic E-state index is 0.342. The number of carbonyl (C=O) groups is 1. The van der Waals surface area contributed by atoms with Gasteiger partial charge >= 0.3 is 0 Å². The molecule has 0 N–H and O–H groups in total. The second-order valence-electron chi connectivity index (χ2n) is 3.46. The van der Waals surface area contributed by atoms with Crippen molar-refractivity contribution in [2.45, 2.75) is 32.9 Å². The number of likely N-dealkylation sites (tertiary alicyclic amines) is 1. The molecule has 1 aliphatic rings. The third-order valence-corrected chi connectivity index (χ3v) is 2.52. The summed E-state index contributed by atoms with van der Waals surface area (Å²) in [7, 11) is 0. The lowest BCUT2D eigenvalue weighted by Crippen LogP contribution is -2.34. The molecule has 0 aromatic carbocycles. The topological polar surface area (TPSA) is 20.3 Å². The maximum atomic E-state index is 12.6. The van der Waals surface area contributed by atoms with E-state index < -0.39 is 6.17 Å². The highest BCUT2D eigenvalue weighted by atomic mass is 19.1. The fraction of sp³-hybridized carbons (Fsp3) is 0.889. The van der Waals surface area contributed by atoms with Crippen molar-refractivity contribution in [3.8, 4) is 0 Å². The third kappa shape index (κ3) is 1.96. The average molecular weight is 173 g/mol. The highest BCUT2D eigenvalue weighted by Gasteiger charge is 2.27. The van der Waals surface area contributed by atoms with Crippen molar-refractivity contribution in [3.05, 3.63) is 0 Å². The molecule has 1 saturated heterocycles. The minimum Gasteiger partial charge on any atom is -0.340 e. The molecule has 0 radical (unpaired) electrons. The summed E-state index contributed by atoms with van der Waals surface area (Å²) in [6, 6.07) is 0. The number of halogens is 1. The van der Waals surface area contributed by atoms with Gasteiger partial charge in [0.1, 0.15) is 0 Å². The highest BCUT2D eigenvalue weighted by Crippen LogP contribution is 2.19. The number of amides is 1. The Labute approximate surface area is 72.7 Å². The van der Waals surface area contributed by atoms with Gasteiger partial charge in [-0.3, -0.25) is 4.79 Å². The van der Waals surface area contributed by atoms with E-state index in [1.165, 1.54) is 6.92 Å². The van der Waals surface area contributed by atoms with Crippen LogP contribution in [0, 0.1) is 5.92 Å². The van der Waals surface area contributed by atoms with E-state index in [9.17, 15) is 9.18 Å². The molecule has 2 nitrogen and oxygen atoms in total. The molecule has 1 heterocycles. The van der Waals surface area contributed by atoms with Gasteiger partial charge in [0.2, 0.25) is 0 Å². The van der Waals surface area contributed by atoms with Gasteiger partial charge in [-0.25, -0.2) is 4.39 Å². The van der Waals surface area contributed by atoms with Crippen molar-refractivity contribution >= 4 is 5.91 Å². The number of alkyl halides is 1. The van der Waals surface area contributed by atoms with Gasteiger partial charge < -0.3 is 4.90 Å². The van der Waals surface area contributed by atoms with E-state index in [0.717, 1.165) is 25.9 Å². The Hall–Kier alpha value is -0.600. The van der Waals surface area contributed by atoms with Gasteiger partial charge in [0.05, 0.1) is 0 Å². The summed E-state index contributed by atoms with van der Waals surface area (Å²) in [5, 5.41) is 0. The van der Waals surface area contributed by atoms with Gasteiger partial charge in [0.15, 0.2) is 6.17 Å². The first-order valence-electron chi connectivity index (χ1n) is 4.58. The van der Waals surface area contributed by atoms with Crippen LogP contribution in [0.25, 0.3) is 0 Å². The minimum atomic E-state index is -1.33. The zero-order valence-corrected chi connectivity index (χ0v) is 7.72. The Balaban J connectivity index is 2.41. The van der Waals surface area contributed by atoms with Crippen LogP contribution in [0.5, 0.6) is 0 Å². The lowest BCUT2D eigenvalue weighted by atomic mass is 10.1. The summed E-state index contributed by atoms with van der Waals surface area (Å²) in [5.74, 6) is 0.249. The molecular weight excluding hydrogens is 157 g/mol. The van der Waals surface area contributed by atoms with Crippen LogP contribution < -0.4 is 0 Å². The summed E-state index contributed by atoms with van der Waals surface area (Å²) in [4.78, 5) is 12.8. The van der Waals surface area contributed by atoms with Crippen LogP contribution in [0.1, 0.15) is 26.7 Å². The second-order valence-corrected chi connectivity index (χ2v) is 3.46. The summed E-state index contributed by atoms with van der Waals surface area (Å²) >= 11 is 0. The quantitative estimate of drug-likeness (QED) is 0.621. The number of hydrogen-bond donors (Lipinski definition) is 0. The molecule has 12 heavy (non-hydrogen) atoms. The number of carbonyl (C=O) groups excluding carboxylic acids is 1. The predicted molar refractivity (Wildman–Crippen MR) is 45.5 cm³/mol. The maximum Gasteiger partial charge on any atom is 0.256 e. The van der Waals surface area contributed by atoms with Gasteiger partial charge in [-0.15, -0.1) is 0 Å². The van der Waals surface area contributed by atoms with E-state index in [2.05, 4.69) is 6.92 Å². The van der Waals surface area contributed by atoms with Crippen molar-refractivity contribution in [3.63, 3.8) is 0 Å². The lowest BCUT2D eigenvalue weighted by molar-refractivity contribution is -0.134. The SMILES string of the molecule is CCC1CCN(C(=O)C(C)F)C1. The molecule has 0 aromatic heterocycles.